The smallest absolute Gasteiger partial charge is 0.119 e. The van der Waals surface area contributed by atoms with E-state index in [1.165, 1.54) is 11.1 Å². The summed E-state index contributed by atoms with van der Waals surface area (Å²) >= 11 is 0. The predicted molar refractivity (Wildman–Crippen MR) is 108 cm³/mol. The molecule has 0 radical (unpaired) electrons. The third-order valence-corrected chi connectivity index (χ3v) is 4.53. The van der Waals surface area contributed by atoms with Crippen LogP contribution in [0.4, 0.5) is 0 Å². The van der Waals surface area contributed by atoms with Gasteiger partial charge in [0.15, 0.2) is 0 Å². The monoisotopic (exact) mass is 373 g/mol. The molecule has 2 unspecified atom stereocenters. The lowest BCUT2D eigenvalue weighted by molar-refractivity contribution is 0.108. The number of rotatable bonds is 10. The van der Waals surface area contributed by atoms with Gasteiger partial charge in [-0.15, -0.1) is 0 Å². The van der Waals surface area contributed by atoms with E-state index in [0.29, 0.717) is 6.54 Å². The van der Waals surface area contributed by atoms with Crippen molar-refractivity contribution in [2.75, 3.05) is 26.8 Å². The Hall–Kier alpha value is -2.08. The molecule has 148 valence electrons. The van der Waals surface area contributed by atoms with E-state index in [4.69, 9.17) is 9.47 Å². The first kappa shape index (κ1) is 21.2. The van der Waals surface area contributed by atoms with Gasteiger partial charge in [-0.2, -0.15) is 0 Å². The second-order valence-electron chi connectivity index (χ2n) is 7.36. The molecule has 2 rings (SSSR count). The third kappa shape index (κ3) is 6.24. The summed E-state index contributed by atoms with van der Waals surface area (Å²) in [6, 6.07) is 15.9. The molecule has 0 spiro atoms. The molecule has 5 heteroatoms. The highest BCUT2D eigenvalue weighted by Gasteiger charge is 2.23. The van der Waals surface area contributed by atoms with Crippen molar-refractivity contribution < 1.29 is 19.7 Å². The molecule has 27 heavy (non-hydrogen) atoms. The lowest BCUT2D eigenvalue weighted by Crippen LogP contribution is -2.29. The van der Waals surface area contributed by atoms with Gasteiger partial charge in [-0.25, -0.2) is 0 Å². The molecule has 0 aliphatic carbocycles. The first-order valence-electron chi connectivity index (χ1n) is 9.30. The largest absolute Gasteiger partial charge is 0.491 e. The zero-order valence-corrected chi connectivity index (χ0v) is 16.6. The molecular formula is C22H31NO4. The van der Waals surface area contributed by atoms with Gasteiger partial charge in [0.25, 0.3) is 0 Å². The third-order valence-electron chi connectivity index (χ3n) is 4.53. The quantitative estimate of drug-likeness (QED) is 0.597. The Labute approximate surface area is 162 Å². The molecule has 0 bridgehead atoms. The Bertz CT molecular complexity index is 680. The Morgan fingerprint density at radius 2 is 1.30 bits per heavy atom. The van der Waals surface area contributed by atoms with Gasteiger partial charge in [-0.05, 0) is 49.4 Å². The summed E-state index contributed by atoms with van der Waals surface area (Å²) in [6.45, 7) is 7.09. The van der Waals surface area contributed by atoms with E-state index < -0.39 is 12.2 Å². The van der Waals surface area contributed by atoms with Crippen molar-refractivity contribution >= 4 is 0 Å². The fraction of sp³-hybridized carbons (Fsp3) is 0.455. The summed E-state index contributed by atoms with van der Waals surface area (Å²) < 4.78 is 11.2. The molecule has 0 saturated carbocycles. The molecular weight excluding hydrogens is 342 g/mol. The van der Waals surface area contributed by atoms with Gasteiger partial charge >= 0.3 is 0 Å². The molecule has 5 nitrogen and oxygen atoms in total. The van der Waals surface area contributed by atoms with Crippen molar-refractivity contribution in [3.8, 4) is 11.5 Å². The lowest BCUT2D eigenvalue weighted by Gasteiger charge is -2.26. The molecule has 2 aromatic carbocycles. The van der Waals surface area contributed by atoms with Gasteiger partial charge in [-0.3, -0.25) is 0 Å². The molecule has 0 heterocycles. The van der Waals surface area contributed by atoms with Crippen molar-refractivity contribution in [1.82, 2.24) is 5.32 Å². The molecule has 0 saturated heterocycles. The van der Waals surface area contributed by atoms with E-state index in [2.05, 4.69) is 43.4 Å². The van der Waals surface area contributed by atoms with Gasteiger partial charge in [0.05, 0.1) is 6.10 Å². The predicted octanol–water partition coefficient (Wildman–Crippen LogP) is 2.73. The van der Waals surface area contributed by atoms with Gasteiger partial charge in [0.2, 0.25) is 0 Å². The maximum atomic E-state index is 9.72. The summed E-state index contributed by atoms with van der Waals surface area (Å²) in [5.74, 6) is 1.49. The average molecular weight is 373 g/mol. The second-order valence-corrected chi connectivity index (χ2v) is 7.36. The van der Waals surface area contributed by atoms with Crippen LogP contribution in [0.15, 0.2) is 48.5 Å². The Morgan fingerprint density at radius 3 is 1.70 bits per heavy atom. The number of ether oxygens (including phenoxy) is 2. The van der Waals surface area contributed by atoms with Crippen LogP contribution >= 0.6 is 0 Å². The van der Waals surface area contributed by atoms with Gasteiger partial charge in [0.1, 0.15) is 30.8 Å². The first-order chi connectivity index (χ1) is 12.8. The lowest BCUT2D eigenvalue weighted by atomic mass is 9.78. The highest BCUT2D eigenvalue weighted by Crippen LogP contribution is 2.33. The van der Waals surface area contributed by atoms with Gasteiger partial charge in [-0.1, -0.05) is 38.1 Å². The SMILES string of the molecule is CNCC(O)COc1ccc(C(C)(C)c2ccc(OCC(C)O)cc2)cc1. The maximum Gasteiger partial charge on any atom is 0.119 e. The minimum absolute atomic E-state index is 0.174. The van der Waals surface area contributed by atoms with Gasteiger partial charge in [0, 0.05) is 12.0 Å². The number of aliphatic hydroxyl groups is 2. The number of nitrogens with one attached hydrogen (secondary N) is 1. The number of aliphatic hydroxyl groups excluding tert-OH is 2. The van der Waals surface area contributed by atoms with E-state index in [9.17, 15) is 10.2 Å². The minimum Gasteiger partial charge on any atom is -0.491 e. The molecule has 2 atom stereocenters. The molecule has 0 fully saturated rings. The fourth-order valence-corrected chi connectivity index (χ4v) is 2.81. The zero-order valence-electron chi connectivity index (χ0n) is 16.6. The molecule has 0 amide bonds. The highest BCUT2D eigenvalue weighted by atomic mass is 16.5. The van der Waals surface area contributed by atoms with Crippen LogP contribution in [0.5, 0.6) is 11.5 Å². The summed E-state index contributed by atoms with van der Waals surface area (Å²) in [5, 5.41) is 22.0. The van der Waals surface area contributed by atoms with Crippen molar-refractivity contribution in [2.45, 2.75) is 38.4 Å². The Morgan fingerprint density at radius 1 is 0.852 bits per heavy atom. The van der Waals surface area contributed by atoms with Crippen LogP contribution in [0.3, 0.4) is 0 Å². The van der Waals surface area contributed by atoms with Crippen LogP contribution in [-0.2, 0) is 5.41 Å². The first-order valence-corrected chi connectivity index (χ1v) is 9.30. The molecule has 0 aliphatic heterocycles. The normalized spacial score (nSPS) is 13.9. The summed E-state index contributed by atoms with van der Waals surface area (Å²) in [6.07, 6.45) is -1.01. The summed E-state index contributed by atoms with van der Waals surface area (Å²) in [7, 11) is 1.80. The summed E-state index contributed by atoms with van der Waals surface area (Å²) in [5.41, 5.74) is 2.17. The molecule has 0 aliphatic rings. The average Bonchev–Trinajstić information content (AvgIpc) is 2.65. The Balaban J connectivity index is 2.03. The van der Waals surface area contributed by atoms with Crippen molar-refractivity contribution in [2.24, 2.45) is 0 Å². The number of likely N-dealkylation sites (N-methyl/N-ethyl adjacent to an activating group) is 1. The van der Waals surface area contributed by atoms with Crippen LogP contribution in [0.2, 0.25) is 0 Å². The van der Waals surface area contributed by atoms with Crippen molar-refractivity contribution in [1.29, 1.82) is 0 Å². The maximum absolute atomic E-state index is 9.72. The van der Waals surface area contributed by atoms with Crippen molar-refractivity contribution in [3.05, 3.63) is 59.7 Å². The van der Waals surface area contributed by atoms with Gasteiger partial charge < -0.3 is 25.0 Å². The van der Waals surface area contributed by atoms with E-state index in [-0.39, 0.29) is 18.6 Å². The fourth-order valence-electron chi connectivity index (χ4n) is 2.81. The second kappa shape index (κ2) is 9.74. The summed E-state index contributed by atoms with van der Waals surface area (Å²) in [4.78, 5) is 0. The van der Waals surface area contributed by atoms with Crippen LogP contribution < -0.4 is 14.8 Å². The number of hydrogen-bond donors (Lipinski definition) is 3. The van der Waals surface area contributed by atoms with E-state index >= 15 is 0 Å². The zero-order chi connectivity index (χ0) is 19.9. The minimum atomic E-state index is -0.527. The Kier molecular flexibility index (Phi) is 7.66. The molecule has 0 aromatic heterocycles. The number of hydrogen-bond acceptors (Lipinski definition) is 5. The van der Waals surface area contributed by atoms with Crippen LogP contribution in [0.25, 0.3) is 0 Å². The van der Waals surface area contributed by atoms with Crippen molar-refractivity contribution in [3.63, 3.8) is 0 Å². The molecule has 2 aromatic rings. The van der Waals surface area contributed by atoms with Crippen LogP contribution in [0.1, 0.15) is 31.9 Å². The number of benzene rings is 2. The topological polar surface area (TPSA) is 71.0 Å². The van der Waals surface area contributed by atoms with Crippen LogP contribution in [0, 0.1) is 0 Å². The van der Waals surface area contributed by atoms with E-state index in [1.54, 1.807) is 14.0 Å². The van der Waals surface area contributed by atoms with E-state index in [0.717, 1.165) is 11.5 Å². The van der Waals surface area contributed by atoms with Crippen LogP contribution in [-0.4, -0.2) is 49.2 Å². The molecule has 3 N–H and O–H groups in total. The standard InChI is InChI=1S/C22H31NO4/c1-16(24)14-26-20-9-5-17(6-10-20)22(2,3)18-7-11-21(12-8-18)27-15-19(25)13-23-4/h5-12,16,19,23-25H,13-15H2,1-4H3. The van der Waals surface area contributed by atoms with E-state index in [1.807, 2.05) is 24.3 Å². The highest BCUT2D eigenvalue weighted by molar-refractivity contribution is 5.41.